The third kappa shape index (κ3) is 1.99. The van der Waals surface area contributed by atoms with Crippen molar-refractivity contribution in [1.82, 2.24) is 9.97 Å². The molecule has 3 nitrogen and oxygen atoms in total. The average Bonchev–Trinajstić information content (AvgIpc) is 2.77. The Morgan fingerprint density at radius 3 is 2.89 bits per heavy atom. The first-order valence-corrected chi connectivity index (χ1v) is 8.47. The maximum Gasteiger partial charge on any atom is 0.190 e. The Labute approximate surface area is 115 Å². The highest BCUT2D eigenvalue weighted by Gasteiger charge is 2.20. The molecule has 0 saturated carbocycles. The first kappa shape index (κ1) is 12.2. The van der Waals surface area contributed by atoms with Crippen molar-refractivity contribution in [3.05, 3.63) is 10.4 Å². The predicted molar refractivity (Wildman–Crippen MR) is 80.0 cm³/mol. The molecule has 0 unspecified atom stereocenters. The van der Waals surface area contributed by atoms with Gasteiger partial charge in [0.05, 0.1) is 5.39 Å². The minimum absolute atomic E-state index is 0.872. The number of thioether (sulfide) groups is 1. The molecule has 0 aromatic carbocycles. The van der Waals surface area contributed by atoms with Crippen molar-refractivity contribution in [3.63, 3.8) is 0 Å². The molecule has 5 heteroatoms. The molecule has 0 bridgehead atoms. The van der Waals surface area contributed by atoms with E-state index < -0.39 is 0 Å². The van der Waals surface area contributed by atoms with Crippen molar-refractivity contribution in [2.75, 3.05) is 18.1 Å². The summed E-state index contributed by atoms with van der Waals surface area (Å²) < 4.78 is 0. The van der Waals surface area contributed by atoms with Crippen LogP contribution in [-0.4, -0.2) is 22.8 Å². The van der Waals surface area contributed by atoms with E-state index in [0.717, 1.165) is 22.3 Å². The molecular weight excluding hydrogens is 262 g/mol. The molecule has 3 rings (SSSR count). The van der Waals surface area contributed by atoms with Crippen molar-refractivity contribution < 1.29 is 0 Å². The Bertz CT molecular complexity index is 577. The Balaban J connectivity index is 2.24. The van der Waals surface area contributed by atoms with Gasteiger partial charge in [-0.2, -0.15) is 0 Å². The lowest BCUT2D eigenvalue weighted by molar-refractivity contribution is 0.700. The van der Waals surface area contributed by atoms with Crippen molar-refractivity contribution >= 4 is 39.1 Å². The molecule has 0 amide bonds. The summed E-state index contributed by atoms with van der Waals surface area (Å²) in [5.74, 6) is 1.03. The number of aromatic nitrogens is 2. The van der Waals surface area contributed by atoms with Gasteiger partial charge in [-0.15, -0.1) is 11.3 Å². The Hall–Kier alpha value is -0.810. The molecule has 96 valence electrons. The Morgan fingerprint density at radius 1 is 1.28 bits per heavy atom. The minimum atomic E-state index is 0.872. The van der Waals surface area contributed by atoms with Gasteiger partial charge >= 0.3 is 0 Å². The van der Waals surface area contributed by atoms with Gasteiger partial charge in [0.25, 0.3) is 0 Å². The number of anilines is 1. The molecule has 0 spiro atoms. The first-order chi connectivity index (χ1) is 8.83. The number of nitrogens with zero attached hydrogens (tertiary/aromatic N) is 2. The van der Waals surface area contributed by atoms with Gasteiger partial charge in [-0.05, 0) is 44.4 Å². The van der Waals surface area contributed by atoms with Crippen molar-refractivity contribution in [1.29, 1.82) is 0 Å². The van der Waals surface area contributed by atoms with Crippen LogP contribution in [0.4, 0.5) is 5.82 Å². The van der Waals surface area contributed by atoms with Gasteiger partial charge in [0.2, 0.25) is 0 Å². The van der Waals surface area contributed by atoms with Gasteiger partial charge < -0.3 is 5.32 Å². The second-order valence-electron chi connectivity index (χ2n) is 4.48. The van der Waals surface area contributed by atoms with Crippen LogP contribution in [0.1, 0.15) is 30.2 Å². The third-order valence-corrected chi connectivity index (χ3v) is 5.05. The van der Waals surface area contributed by atoms with E-state index in [1.54, 1.807) is 11.8 Å². The van der Waals surface area contributed by atoms with Crippen LogP contribution < -0.4 is 5.32 Å². The van der Waals surface area contributed by atoms with Crippen LogP contribution >= 0.6 is 23.1 Å². The smallest absolute Gasteiger partial charge is 0.190 e. The van der Waals surface area contributed by atoms with E-state index in [2.05, 4.69) is 22.2 Å². The number of rotatable bonds is 3. The van der Waals surface area contributed by atoms with Gasteiger partial charge in [0.1, 0.15) is 10.6 Å². The van der Waals surface area contributed by atoms with Gasteiger partial charge in [-0.25, -0.2) is 9.97 Å². The fourth-order valence-electron chi connectivity index (χ4n) is 2.52. The van der Waals surface area contributed by atoms with E-state index in [0.29, 0.717) is 0 Å². The summed E-state index contributed by atoms with van der Waals surface area (Å²) in [5.41, 5.74) is 1.50. The second kappa shape index (κ2) is 5.05. The van der Waals surface area contributed by atoms with E-state index in [1.807, 2.05) is 17.6 Å². The minimum Gasteiger partial charge on any atom is -0.370 e. The molecular formula is C13H17N3S2. The molecule has 1 N–H and O–H groups in total. The van der Waals surface area contributed by atoms with Crippen molar-refractivity contribution in [2.45, 2.75) is 37.8 Å². The first-order valence-electron chi connectivity index (χ1n) is 6.43. The summed E-state index contributed by atoms with van der Waals surface area (Å²) in [5, 5.41) is 5.56. The van der Waals surface area contributed by atoms with Crippen LogP contribution in [0.5, 0.6) is 0 Å². The highest BCUT2D eigenvalue weighted by Crippen LogP contribution is 2.39. The summed E-state index contributed by atoms with van der Waals surface area (Å²) >= 11 is 3.48. The number of hydrogen-bond donors (Lipinski definition) is 1. The number of nitrogens with one attached hydrogen (secondary N) is 1. The molecule has 0 radical (unpaired) electrons. The largest absolute Gasteiger partial charge is 0.370 e. The highest BCUT2D eigenvalue weighted by atomic mass is 32.2. The van der Waals surface area contributed by atoms with Crippen LogP contribution in [0.15, 0.2) is 5.16 Å². The van der Waals surface area contributed by atoms with Crippen LogP contribution in [0.25, 0.3) is 10.2 Å². The van der Waals surface area contributed by atoms with Crippen LogP contribution in [0.2, 0.25) is 0 Å². The second-order valence-corrected chi connectivity index (χ2v) is 6.34. The van der Waals surface area contributed by atoms with E-state index in [1.165, 1.54) is 41.5 Å². The lowest BCUT2D eigenvalue weighted by Gasteiger charge is -2.12. The Kier molecular flexibility index (Phi) is 3.43. The summed E-state index contributed by atoms with van der Waals surface area (Å²) in [7, 11) is 0. The van der Waals surface area contributed by atoms with Crippen molar-refractivity contribution in [3.8, 4) is 0 Å². The molecule has 2 aromatic heterocycles. The quantitative estimate of drug-likeness (QED) is 0.686. The summed E-state index contributed by atoms with van der Waals surface area (Å²) in [6.07, 6.45) is 7.06. The van der Waals surface area contributed by atoms with E-state index >= 15 is 0 Å². The zero-order valence-electron chi connectivity index (χ0n) is 10.7. The normalized spacial score (nSPS) is 14.8. The summed E-state index contributed by atoms with van der Waals surface area (Å²) in [6.45, 7) is 3.02. The zero-order valence-corrected chi connectivity index (χ0v) is 12.4. The molecule has 1 aliphatic carbocycles. The number of hydrogen-bond acceptors (Lipinski definition) is 5. The molecule has 1 aliphatic rings. The van der Waals surface area contributed by atoms with Crippen LogP contribution in [0, 0.1) is 0 Å². The van der Waals surface area contributed by atoms with Gasteiger partial charge in [0, 0.05) is 11.4 Å². The average molecular weight is 279 g/mol. The topological polar surface area (TPSA) is 37.8 Å². The van der Waals surface area contributed by atoms with E-state index in [4.69, 9.17) is 0 Å². The molecule has 0 atom stereocenters. The van der Waals surface area contributed by atoms with Crippen molar-refractivity contribution in [2.24, 2.45) is 0 Å². The molecule has 0 saturated heterocycles. The number of fused-ring (bicyclic) bond motifs is 3. The molecule has 2 heterocycles. The lowest BCUT2D eigenvalue weighted by Crippen LogP contribution is -2.04. The van der Waals surface area contributed by atoms with Gasteiger partial charge in [0.15, 0.2) is 5.16 Å². The molecule has 0 fully saturated rings. The van der Waals surface area contributed by atoms with Gasteiger partial charge in [-0.3, -0.25) is 0 Å². The highest BCUT2D eigenvalue weighted by molar-refractivity contribution is 7.98. The zero-order chi connectivity index (χ0) is 12.5. The maximum absolute atomic E-state index is 4.67. The van der Waals surface area contributed by atoms with E-state index in [-0.39, 0.29) is 0 Å². The molecule has 18 heavy (non-hydrogen) atoms. The predicted octanol–water partition coefficient (Wildman–Crippen LogP) is 3.72. The maximum atomic E-state index is 4.67. The fraction of sp³-hybridized carbons (Fsp3) is 0.538. The molecule has 2 aromatic rings. The SMILES string of the molecule is CCNc1nc(SC)nc2sc3c(c12)CCCC3. The standard InChI is InChI=1S/C13H17N3S2/c1-3-14-11-10-8-6-4-5-7-9(8)18-12(10)16-13(15-11)17-2/h3-7H2,1-2H3,(H,14,15,16). The van der Waals surface area contributed by atoms with Crippen LogP contribution in [0.3, 0.4) is 0 Å². The molecule has 0 aliphatic heterocycles. The fourth-order valence-corrected chi connectivity index (χ4v) is 4.21. The number of aryl methyl sites for hydroxylation is 2. The Morgan fingerprint density at radius 2 is 2.11 bits per heavy atom. The number of thiophene rings is 1. The van der Waals surface area contributed by atoms with Crippen LogP contribution in [-0.2, 0) is 12.8 Å². The third-order valence-electron chi connectivity index (χ3n) is 3.32. The van der Waals surface area contributed by atoms with Gasteiger partial charge in [-0.1, -0.05) is 11.8 Å². The summed E-state index contributed by atoms with van der Waals surface area (Å²) in [4.78, 5) is 12.0. The monoisotopic (exact) mass is 279 g/mol. The lowest BCUT2D eigenvalue weighted by atomic mass is 9.97. The van der Waals surface area contributed by atoms with E-state index in [9.17, 15) is 0 Å². The summed E-state index contributed by atoms with van der Waals surface area (Å²) in [6, 6.07) is 0.